The predicted molar refractivity (Wildman–Crippen MR) is 73.3 cm³/mol. The number of hydrogen-bond acceptors (Lipinski definition) is 5. The highest BCUT2D eigenvalue weighted by Crippen LogP contribution is 2.29. The van der Waals surface area contributed by atoms with Gasteiger partial charge in [0, 0.05) is 10.8 Å². The van der Waals surface area contributed by atoms with Gasteiger partial charge in [-0.25, -0.2) is 9.78 Å². The first kappa shape index (κ1) is 13.8. The third kappa shape index (κ3) is 2.54. The van der Waals surface area contributed by atoms with Crippen LogP contribution >= 0.6 is 0 Å². The molecule has 102 valence electrons. The molecule has 0 amide bonds. The molecule has 0 radical (unpaired) electrons. The van der Waals surface area contributed by atoms with Crippen molar-refractivity contribution in [3.63, 3.8) is 0 Å². The molecular formula is C15H14N2O3. The molecule has 0 unspecified atom stereocenters. The summed E-state index contributed by atoms with van der Waals surface area (Å²) >= 11 is 0. The molecule has 0 atom stereocenters. The Morgan fingerprint density at radius 1 is 1.40 bits per heavy atom. The van der Waals surface area contributed by atoms with Gasteiger partial charge in [0.05, 0.1) is 6.61 Å². The van der Waals surface area contributed by atoms with E-state index in [-0.39, 0.29) is 23.7 Å². The van der Waals surface area contributed by atoms with Crippen LogP contribution in [0.15, 0.2) is 24.3 Å². The lowest BCUT2D eigenvalue weighted by Gasteiger charge is -2.08. The first-order valence-electron chi connectivity index (χ1n) is 6.38. The van der Waals surface area contributed by atoms with Gasteiger partial charge < -0.3 is 9.84 Å². The highest BCUT2D eigenvalue weighted by atomic mass is 16.5. The maximum absolute atomic E-state index is 11.9. The van der Waals surface area contributed by atoms with Crippen LogP contribution in [0, 0.1) is 11.3 Å². The zero-order valence-electron chi connectivity index (χ0n) is 11.1. The summed E-state index contributed by atoms with van der Waals surface area (Å²) in [7, 11) is 0. The van der Waals surface area contributed by atoms with Crippen molar-refractivity contribution in [2.75, 3.05) is 6.61 Å². The number of hydrogen-bond donors (Lipinski definition) is 1. The van der Waals surface area contributed by atoms with Gasteiger partial charge in [0.15, 0.2) is 11.4 Å². The van der Waals surface area contributed by atoms with E-state index >= 15 is 0 Å². The second-order valence-electron chi connectivity index (χ2n) is 4.30. The van der Waals surface area contributed by atoms with Gasteiger partial charge in [0.25, 0.3) is 0 Å². The SMILES string of the molecule is CCCCOC(=O)c1nc(C#N)c2ccccc2c1O. The van der Waals surface area contributed by atoms with E-state index in [1.807, 2.05) is 13.0 Å². The standard InChI is InChI=1S/C15H14N2O3/c1-2-3-8-20-15(19)13-14(18)11-7-5-4-6-10(11)12(9-16)17-13/h4-7,18H,2-3,8H2,1H3. The van der Waals surface area contributed by atoms with Crippen molar-refractivity contribution in [3.05, 3.63) is 35.7 Å². The van der Waals surface area contributed by atoms with Gasteiger partial charge in [-0.15, -0.1) is 0 Å². The molecule has 0 saturated heterocycles. The molecule has 5 nitrogen and oxygen atoms in total. The molecule has 1 N–H and O–H groups in total. The lowest BCUT2D eigenvalue weighted by Crippen LogP contribution is -2.10. The van der Waals surface area contributed by atoms with E-state index in [1.165, 1.54) is 0 Å². The largest absolute Gasteiger partial charge is 0.505 e. The Labute approximate surface area is 116 Å². The molecule has 2 rings (SSSR count). The Hall–Kier alpha value is -2.61. The number of esters is 1. The number of pyridine rings is 1. The van der Waals surface area contributed by atoms with Crippen molar-refractivity contribution in [1.29, 1.82) is 5.26 Å². The predicted octanol–water partition coefficient (Wildman–Crippen LogP) is 2.77. The molecule has 0 aliphatic heterocycles. The maximum atomic E-state index is 11.9. The average molecular weight is 270 g/mol. The fourth-order valence-corrected chi connectivity index (χ4v) is 1.85. The number of unbranched alkanes of at least 4 members (excludes halogenated alkanes) is 1. The molecule has 0 aliphatic rings. The Morgan fingerprint density at radius 2 is 2.10 bits per heavy atom. The summed E-state index contributed by atoms with van der Waals surface area (Å²) in [6, 6.07) is 8.70. The third-order valence-corrected chi connectivity index (χ3v) is 2.92. The number of benzene rings is 1. The number of rotatable bonds is 4. The topological polar surface area (TPSA) is 83.2 Å². The fourth-order valence-electron chi connectivity index (χ4n) is 1.85. The molecule has 20 heavy (non-hydrogen) atoms. The van der Waals surface area contributed by atoms with Gasteiger partial charge in [-0.3, -0.25) is 0 Å². The van der Waals surface area contributed by atoms with Crippen LogP contribution in [-0.2, 0) is 4.74 Å². The maximum Gasteiger partial charge on any atom is 0.360 e. The van der Waals surface area contributed by atoms with E-state index in [9.17, 15) is 9.90 Å². The number of carbonyl (C=O) groups excluding carboxylic acids is 1. The first-order chi connectivity index (χ1) is 9.69. The number of ether oxygens (including phenoxy) is 1. The normalized spacial score (nSPS) is 10.2. The molecule has 5 heteroatoms. The van der Waals surface area contributed by atoms with E-state index in [4.69, 9.17) is 10.00 Å². The number of nitrogens with zero attached hydrogens (tertiary/aromatic N) is 2. The van der Waals surface area contributed by atoms with E-state index in [1.54, 1.807) is 24.3 Å². The highest BCUT2D eigenvalue weighted by Gasteiger charge is 2.19. The molecule has 2 aromatic rings. The molecule has 1 heterocycles. The minimum absolute atomic E-state index is 0.0980. The summed E-state index contributed by atoms with van der Waals surface area (Å²) in [6.45, 7) is 2.25. The molecule has 0 aliphatic carbocycles. The molecule has 1 aromatic heterocycles. The lowest BCUT2D eigenvalue weighted by atomic mass is 10.1. The third-order valence-electron chi connectivity index (χ3n) is 2.92. The van der Waals surface area contributed by atoms with Crippen molar-refractivity contribution in [2.24, 2.45) is 0 Å². The molecule has 1 aromatic carbocycles. The monoisotopic (exact) mass is 270 g/mol. The summed E-state index contributed by atoms with van der Waals surface area (Å²) in [5.74, 6) is -0.959. The van der Waals surface area contributed by atoms with Crippen molar-refractivity contribution < 1.29 is 14.6 Å². The van der Waals surface area contributed by atoms with Gasteiger partial charge in [0.1, 0.15) is 11.8 Å². The quantitative estimate of drug-likeness (QED) is 0.682. The van der Waals surface area contributed by atoms with Gasteiger partial charge in [-0.05, 0) is 6.42 Å². The minimum Gasteiger partial charge on any atom is -0.505 e. The Kier molecular flexibility index (Phi) is 4.16. The summed E-state index contributed by atoms with van der Waals surface area (Å²) in [6.07, 6.45) is 1.64. The number of aromatic nitrogens is 1. The van der Waals surface area contributed by atoms with E-state index < -0.39 is 5.97 Å². The van der Waals surface area contributed by atoms with Crippen molar-refractivity contribution in [1.82, 2.24) is 4.98 Å². The number of nitriles is 1. The molecule has 0 spiro atoms. The summed E-state index contributed by atoms with van der Waals surface area (Å²) in [5.41, 5.74) is -0.114. The summed E-state index contributed by atoms with van der Waals surface area (Å²) in [4.78, 5) is 15.8. The van der Waals surface area contributed by atoms with Gasteiger partial charge in [0.2, 0.25) is 0 Å². The number of fused-ring (bicyclic) bond motifs is 1. The van der Waals surface area contributed by atoms with Gasteiger partial charge in [-0.2, -0.15) is 5.26 Å². The smallest absolute Gasteiger partial charge is 0.360 e. The molecule has 0 bridgehead atoms. The van der Waals surface area contributed by atoms with E-state index in [0.717, 1.165) is 12.8 Å². The first-order valence-corrected chi connectivity index (χ1v) is 6.38. The van der Waals surface area contributed by atoms with Crippen LogP contribution in [0.5, 0.6) is 5.75 Å². The zero-order chi connectivity index (χ0) is 14.5. The minimum atomic E-state index is -0.710. The molecule has 0 fully saturated rings. The van der Waals surface area contributed by atoms with Crippen LogP contribution < -0.4 is 0 Å². The summed E-state index contributed by atoms with van der Waals surface area (Å²) < 4.78 is 5.03. The average Bonchev–Trinajstić information content (AvgIpc) is 2.48. The molecular weight excluding hydrogens is 256 g/mol. The van der Waals surface area contributed by atoms with Crippen molar-refractivity contribution >= 4 is 16.7 Å². The number of aromatic hydroxyl groups is 1. The Bertz CT molecular complexity index is 689. The van der Waals surface area contributed by atoms with E-state index in [0.29, 0.717) is 10.8 Å². The number of carbonyl (C=O) groups is 1. The van der Waals surface area contributed by atoms with Gasteiger partial charge in [-0.1, -0.05) is 37.6 Å². The second-order valence-corrected chi connectivity index (χ2v) is 4.30. The Balaban J connectivity index is 2.47. The van der Waals surface area contributed by atoms with Crippen LogP contribution in [0.2, 0.25) is 0 Å². The van der Waals surface area contributed by atoms with Gasteiger partial charge >= 0.3 is 5.97 Å². The second kappa shape index (κ2) is 6.02. The zero-order valence-corrected chi connectivity index (χ0v) is 11.1. The van der Waals surface area contributed by atoms with Crippen LogP contribution in [0.25, 0.3) is 10.8 Å². The van der Waals surface area contributed by atoms with Crippen LogP contribution in [-0.4, -0.2) is 22.7 Å². The van der Waals surface area contributed by atoms with Crippen LogP contribution in [0.3, 0.4) is 0 Å². The molecule has 0 saturated carbocycles. The van der Waals surface area contributed by atoms with Crippen LogP contribution in [0.1, 0.15) is 35.9 Å². The Morgan fingerprint density at radius 3 is 2.75 bits per heavy atom. The highest BCUT2D eigenvalue weighted by molar-refractivity contribution is 6.00. The van der Waals surface area contributed by atoms with Crippen molar-refractivity contribution in [2.45, 2.75) is 19.8 Å². The van der Waals surface area contributed by atoms with E-state index in [2.05, 4.69) is 4.98 Å². The van der Waals surface area contributed by atoms with Crippen molar-refractivity contribution in [3.8, 4) is 11.8 Å². The van der Waals surface area contributed by atoms with Crippen LogP contribution in [0.4, 0.5) is 0 Å². The lowest BCUT2D eigenvalue weighted by molar-refractivity contribution is 0.0489. The summed E-state index contributed by atoms with van der Waals surface area (Å²) in [5, 5.41) is 20.2. The fraction of sp³-hybridized carbons (Fsp3) is 0.267.